The van der Waals surface area contributed by atoms with Crippen molar-refractivity contribution in [3.8, 4) is 11.1 Å². The molecule has 0 atom stereocenters. The SMILES string of the molecule is Cc1ccccc1-c1cccnc1C(=N)N. The first-order valence-electron chi connectivity index (χ1n) is 5.05. The van der Waals surface area contributed by atoms with Crippen LogP contribution in [0.4, 0.5) is 0 Å². The quantitative estimate of drug-likeness (QED) is 0.591. The van der Waals surface area contributed by atoms with Gasteiger partial charge in [0.1, 0.15) is 11.5 Å². The highest BCUT2D eigenvalue weighted by Gasteiger charge is 2.09. The number of aromatic nitrogens is 1. The third kappa shape index (κ3) is 1.80. The smallest absolute Gasteiger partial charge is 0.142 e. The number of amidine groups is 1. The predicted molar refractivity (Wildman–Crippen MR) is 65.4 cm³/mol. The number of nitrogen functional groups attached to an aromatic ring is 1. The molecule has 80 valence electrons. The van der Waals surface area contributed by atoms with Gasteiger partial charge in [0.25, 0.3) is 0 Å². The van der Waals surface area contributed by atoms with Crippen LogP contribution in [0.25, 0.3) is 11.1 Å². The molecule has 0 amide bonds. The molecule has 1 aromatic heterocycles. The average Bonchev–Trinajstić information content (AvgIpc) is 2.29. The Labute approximate surface area is 94.5 Å². The third-order valence-corrected chi connectivity index (χ3v) is 2.50. The van der Waals surface area contributed by atoms with Gasteiger partial charge in [-0.3, -0.25) is 10.4 Å². The van der Waals surface area contributed by atoms with Gasteiger partial charge in [-0.05, 0) is 24.1 Å². The van der Waals surface area contributed by atoms with Gasteiger partial charge in [0, 0.05) is 11.8 Å². The normalized spacial score (nSPS) is 10.1. The molecule has 0 bridgehead atoms. The number of rotatable bonds is 2. The van der Waals surface area contributed by atoms with Crippen molar-refractivity contribution in [2.24, 2.45) is 5.73 Å². The minimum atomic E-state index is -0.00106. The van der Waals surface area contributed by atoms with Crippen molar-refractivity contribution >= 4 is 5.84 Å². The van der Waals surface area contributed by atoms with Crippen LogP contribution in [0.5, 0.6) is 0 Å². The second kappa shape index (κ2) is 4.14. The van der Waals surface area contributed by atoms with Gasteiger partial charge in [0.15, 0.2) is 0 Å². The van der Waals surface area contributed by atoms with Crippen molar-refractivity contribution in [3.63, 3.8) is 0 Å². The Balaban J connectivity index is 2.65. The molecule has 3 N–H and O–H groups in total. The Bertz CT molecular complexity index is 532. The molecule has 0 saturated carbocycles. The number of hydrogen-bond donors (Lipinski definition) is 2. The minimum Gasteiger partial charge on any atom is -0.382 e. The summed E-state index contributed by atoms with van der Waals surface area (Å²) in [6.45, 7) is 2.03. The van der Waals surface area contributed by atoms with Crippen LogP contribution in [-0.2, 0) is 0 Å². The molecule has 0 aliphatic rings. The van der Waals surface area contributed by atoms with Crippen LogP contribution < -0.4 is 5.73 Å². The maximum atomic E-state index is 7.51. The van der Waals surface area contributed by atoms with E-state index < -0.39 is 0 Å². The Morgan fingerprint density at radius 1 is 1.12 bits per heavy atom. The van der Waals surface area contributed by atoms with E-state index in [0.717, 1.165) is 16.7 Å². The van der Waals surface area contributed by atoms with Crippen molar-refractivity contribution < 1.29 is 0 Å². The molecule has 0 aliphatic heterocycles. The number of nitrogens with zero attached hydrogens (tertiary/aromatic N) is 1. The number of benzene rings is 1. The summed E-state index contributed by atoms with van der Waals surface area (Å²) in [5.74, 6) is -0.00106. The van der Waals surface area contributed by atoms with E-state index in [0.29, 0.717) is 5.69 Å². The van der Waals surface area contributed by atoms with Crippen LogP contribution in [0.1, 0.15) is 11.3 Å². The molecule has 0 fully saturated rings. The van der Waals surface area contributed by atoms with Gasteiger partial charge in [0.05, 0.1) is 0 Å². The number of hydrogen-bond acceptors (Lipinski definition) is 2. The van der Waals surface area contributed by atoms with Crippen molar-refractivity contribution in [1.29, 1.82) is 5.41 Å². The Morgan fingerprint density at radius 3 is 2.50 bits per heavy atom. The van der Waals surface area contributed by atoms with Crippen LogP contribution in [0.3, 0.4) is 0 Å². The molecule has 3 heteroatoms. The minimum absolute atomic E-state index is 0.00106. The van der Waals surface area contributed by atoms with Gasteiger partial charge in [0.2, 0.25) is 0 Å². The maximum Gasteiger partial charge on any atom is 0.142 e. The molecular weight excluding hydrogens is 198 g/mol. The lowest BCUT2D eigenvalue weighted by Gasteiger charge is -2.09. The van der Waals surface area contributed by atoms with E-state index in [4.69, 9.17) is 11.1 Å². The lowest BCUT2D eigenvalue weighted by Crippen LogP contribution is -2.14. The molecule has 16 heavy (non-hydrogen) atoms. The maximum absolute atomic E-state index is 7.51. The highest BCUT2D eigenvalue weighted by atomic mass is 14.8. The van der Waals surface area contributed by atoms with E-state index >= 15 is 0 Å². The van der Waals surface area contributed by atoms with Gasteiger partial charge < -0.3 is 5.73 Å². The summed E-state index contributed by atoms with van der Waals surface area (Å²) in [5, 5.41) is 7.51. The highest BCUT2D eigenvalue weighted by Crippen LogP contribution is 2.24. The summed E-state index contributed by atoms with van der Waals surface area (Å²) >= 11 is 0. The van der Waals surface area contributed by atoms with Gasteiger partial charge in [-0.1, -0.05) is 30.3 Å². The molecule has 0 saturated heterocycles. The molecule has 2 aromatic rings. The van der Waals surface area contributed by atoms with Gasteiger partial charge in [-0.25, -0.2) is 0 Å². The first kappa shape index (κ1) is 10.4. The fourth-order valence-electron chi connectivity index (χ4n) is 1.71. The lowest BCUT2D eigenvalue weighted by atomic mass is 9.99. The zero-order valence-electron chi connectivity index (χ0n) is 9.07. The second-order valence-electron chi connectivity index (χ2n) is 3.63. The molecule has 0 spiro atoms. The number of nitrogens with one attached hydrogen (secondary N) is 1. The Hall–Kier alpha value is -2.16. The van der Waals surface area contributed by atoms with Crippen molar-refractivity contribution in [2.75, 3.05) is 0 Å². The van der Waals surface area contributed by atoms with E-state index in [1.165, 1.54) is 0 Å². The zero-order valence-corrected chi connectivity index (χ0v) is 9.07. The first-order chi connectivity index (χ1) is 7.70. The van der Waals surface area contributed by atoms with Crippen LogP contribution in [-0.4, -0.2) is 10.8 Å². The monoisotopic (exact) mass is 211 g/mol. The average molecular weight is 211 g/mol. The summed E-state index contributed by atoms with van der Waals surface area (Å²) in [6.07, 6.45) is 1.65. The first-order valence-corrected chi connectivity index (χ1v) is 5.05. The molecule has 0 aliphatic carbocycles. The van der Waals surface area contributed by atoms with Crippen LogP contribution in [0.15, 0.2) is 42.6 Å². The number of pyridine rings is 1. The van der Waals surface area contributed by atoms with Gasteiger partial charge in [-0.15, -0.1) is 0 Å². The lowest BCUT2D eigenvalue weighted by molar-refractivity contribution is 1.25. The Morgan fingerprint density at radius 2 is 1.81 bits per heavy atom. The standard InChI is InChI=1S/C13H13N3/c1-9-5-2-3-6-10(9)11-7-4-8-16-12(11)13(14)15/h2-8H,1H3,(H3,14,15). The summed E-state index contributed by atoms with van der Waals surface area (Å²) in [7, 11) is 0. The molecule has 3 nitrogen and oxygen atoms in total. The van der Waals surface area contributed by atoms with Crippen molar-refractivity contribution in [3.05, 3.63) is 53.9 Å². The van der Waals surface area contributed by atoms with E-state index in [1.54, 1.807) is 6.20 Å². The van der Waals surface area contributed by atoms with Crippen LogP contribution in [0, 0.1) is 12.3 Å². The van der Waals surface area contributed by atoms with E-state index in [9.17, 15) is 0 Å². The van der Waals surface area contributed by atoms with Gasteiger partial charge >= 0.3 is 0 Å². The van der Waals surface area contributed by atoms with Gasteiger partial charge in [-0.2, -0.15) is 0 Å². The fraction of sp³-hybridized carbons (Fsp3) is 0.0769. The third-order valence-electron chi connectivity index (χ3n) is 2.50. The fourth-order valence-corrected chi connectivity index (χ4v) is 1.71. The Kier molecular flexibility index (Phi) is 2.68. The number of aryl methyl sites for hydroxylation is 1. The predicted octanol–water partition coefficient (Wildman–Crippen LogP) is 2.34. The number of nitrogens with two attached hydrogens (primary N) is 1. The van der Waals surface area contributed by atoms with Crippen molar-refractivity contribution in [1.82, 2.24) is 4.98 Å². The van der Waals surface area contributed by atoms with E-state index in [1.807, 2.05) is 43.3 Å². The molecular formula is C13H13N3. The topological polar surface area (TPSA) is 62.8 Å². The zero-order chi connectivity index (χ0) is 11.5. The molecule has 2 rings (SSSR count). The summed E-state index contributed by atoms with van der Waals surface area (Å²) in [6, 6.07) is 11.8. The summed E-state index contributed by atoms with van der Waals surface area (Å²) in [4.78, 5) is 4.15. The van der Waals surface area contributed by atoms with Crippen molar-refractivity contribution in [2.45, 2.75) is 6.92 Å². The van der Waals surface area contributed by atoms with E-state index in [2.05, 4.69) is 4.98 Å². The summed E-state index contributed by atoms with van der Waals surface area (Å²) < 4.78 is 0. The second-order valence-corrected chi connectivity index (χ2v) is 3.63. The van der Waals surface area contributed by atoms with Crippen LogP contribution >= 0.6 is 0 Å². The molecule has 0 radical (unpaired) electrons. The molecule has 0 unspecified atom stereocenters. The van der Waals surface area contributed by atoms with E-state index in [-0.39, 0.29) is 5.84 Å². The highest BCUT2D eigenvalue weighted by molar-refractivity contribution is 5.99. The summed E-state index contributed by atoms with van der Waals surface area (Å²) in [5.41, 5.74) is 9.19. The largest absolute Gasteiger partial charge is 0.382 e. The molecule has 1 heterocycles. The van der Waals surface area contributed by atoms with Crippen LogP contribution in [0.2, 0.25) is 0 Å². The molecule has 1 aromatic carbocycles.